The van der Waals surface area contributed by atoms with Crippen LogP contribution in [0, 0.1) is 0 Å². The van der Waals surface area contributed by atoms with Crippen molar-refractivity contribution in [1.82, 2.24) is 16.0 Å². The number of carboxylic acid groups (broad SMARTS) is 1. The Morgan fingerprint density at radius 1 is 0.879 bits per heavy atom. The number of guanidine groups is 1. The van der Waals surface area contributed by atoms with Crippen LogP contribution < -0.4 is 38.9 Å². The van der Waals surface area contributed by atoms with Gasteiger partial charge >= 0.3 is 5.97 Å². The van der Waals surface area contributed by atoms with Crippen LogP contribution in [0.25, 0.3) is 0 Å². The Balaban J connectivity index is 5.46. The first-order valence-corrected chi connectivity index (χ1v) is 11.1. The van der Waals surface area contributed by atoms with Gasteiger partial charge in [-0.15, -0.1) is 0 Å². The summed E-state index contributed by atoms with van der Waals surface area (Å²) >= 11 is 3.90. The second-order valence-corrected chi connectivity index (χ2v) is 7.59. The standard InChI is InChI=1S/C18H36N8O6S/c19-6-2-1-4-11(24-14(28)10(20)8-27)15(29)25-12(5-3-7-23-18(21)22)16(30)26-13(9-33)17(31)32/h10-13,27,33H,1-9,19-20H2,(H,24,28)(H,25,29)(H,26,30)(H,31,32)(H4,21,22,23). The molecule has 3 amide bonds. The maximum Gasteiger partial charge on any atom is 0.327 e. The van der Waals surface area contributed by atoms with E-state index in [1.807, 2.05) is 0 Å². The number of aliphatic hydroxyl groups is 1. The largest absolute Gasteiger partial charge is 0.480 e. The van der Waals surface area contributed by atoms with E-state index in [0.29, 0.717) is 25.8 Å². The third-order valence-corrected chi connectivity index (χ3v) is 4.85. The fraction of sp³-hybridized carbons (Fsp3) is 0.722. The second-order valence-electron chi connectivity index (χ2n) is 7.23. The number of hydrogen-bond acceptors (Lipinski definition) is 9. The van der Waals surface area contributed by atoms with Gasteiger partial charge in [0.1, 0.15) is 24.2 Å². The van der Waals surface area contributed by atoms with E-state index in [2.05, 4.69) is 33.6 Å². The number of amides is 3. The van der Waals surface area contributed by atoms with Crippen LogP contribution in [-0.4, -0.2) is 89.5 Å². The third-order valence-electron chi connectivity index (χ3n) is 4.49. The molecule has 0 aliphatic carbocycles. The highest BCUT2D eigenvalue weighted by Crippen LogP contribution is 2.05. The Bertz CT molecular complexity index is 676. The minimum atomic E-state index is -1.28. The van der Waals surface area contributed by atoms with Crippen LogP contribution >= 0.6 is 12.6 Å². The molecule has 0 rings (SSSR count). The van der Waals surface area contributed by atoms with E-state index in [4.69, 9.17) is 33.1 Å². The molecule has 0 saturated carbocycles. The number of nitrogens with one attached hydrogen (secondary N) is 3. The van der Waals surface area contributed by atoms with Crippen LogP contribution in [0.1, 0.15) is 32.1 Å². The average Bonchev–Trinajstić information content (AvgIpc) is 2.77. The van der Waals surface area contributed by atoms with Crippen molar-refractivity contribution >= 4 is 42.3 Å². The topological polar surface area (TPSA) is 261 Å². The van der Waals surface area contributed by atoms with Gasteiger partial charge in [0.2, 0.25) is 17.7 Å². The Morgan fingerprint density at radius 2 is 1.39 bits per heavy atom. The highest BCUT2D eigenvalue weighted by atomic mass is 32.1. The summed E-state index contributed by atoms with van der Waals surface area (Å²) in [5.74, 6) is -3.73. The summed E-state index contributed by atoms with van der Waals surface area (Å²) in [6.45, 7) is -0.0490. The quantitative estimate of drug-likeness (QED) is 0.0406. The fourth-order valence-electron chi connectivity index (χ4n) is 2.63. The van der Waals surface area contributed by atoms with E-state index >= 15 is 0 Å². The van der Waals surface area contributed by atoms with E-state index in [0.717, 1.165) is 0 Å². The predicted octanol–water partition coefficient (Wildman–Crippen LogP) is -4.04. The zero-order valence-corrected chi connectivity index (χ0v) is 19.3. The van der Waals surface area contributed by atoms with Crippen molar-refractivity contribution in [3.05, 3.63) is 0 Å². The van der Waals surface area contributed by atoms with Crippen LogP contribution in [0.2, 0.25) is 0 Å². The second kappa shape index (κ2) is 16.9. The molecule has 4 unspecified atom stereocenters. The Kier molecular flexibility index (Phi) is 15.6. The molecule has 0 fully saturated rings. The van der Waals surface area contributed by atoms with Crippen LogP contribution in [0.3, 0.4) is 0 Å². The molecule has 0 aromatic heterocycles. The molecule has 0 aliphatic heterocycles. The number of aliphatic carboxylic acids is 1. The molecule has 13 N–H and O–H groups in total. The zero-order chi connectivity index (χ0) is 25.4. The first-order chi connectivity index (χ1) is 15.6. The van der Waals surface area contributed by atoms with Gasteiger partial charge in [-0.3, -0.25) is 19.4 Å². The Hall–Kier alpha value is -2.62. The Labute approximate surface area is 197 Å². The van der Waals surface area contributed by atoms with Gasteiger partial charge in [-0.25, -0.2) is 4.79 Å². The van der Waals surface area contributed by atoms with Gasteiger partial charge in [0.25, 0.3) is 0 Å². The third kappa shape index (κ3) is 12.9. The highest BCUT2D eigenvalue weighted by Gasteiger charge is 2.29. The van der Waals surface area contributed by atoms with Crippen molar-refractivity contribution in [2.45, 2.75) is 56.3 Å². The minimum absolute atomic E-state index is 0.0902. The van der Waals surface area contributed by atoms with Crippen molar-refractivity contribution in [3.63, 3.8) is 0 Å². The lowest BCUT2D eigenvalue weighted by atomic mass is 10.1. The van der Waals surface area contributed by atoms with E-state index in [-0.39, 0.29) is 31.1 Å². The molecule has 33 heavy (non-hydrogen) atoms. The number of thiol groups is 1. The van der Waals surface area contributed by atoms with Gasteiger partial charge < -0.3 is 49.1 Å². The average molecular weight is 493 g/mol. The SMILES string of the molecule is NCCCCC(NC(=O)C(N)CO)C(=O)NC(CCCN=C(N)N)C(=O)NC(CS)C(=O)O. The van der Waals surface area contributed by atoms with Gasteiger partial charge in [-0.2, -0.15) is 12.6 Å². The predicted molar refractivity (Wildman–Crippen MR) is 125 cm³/mol. The number of carboxylic acids is 1. The minimum Gasteiger partial charge on any atom is -0.480 e. The fourth-order valence-corrected chi connectivity index (χ4v) is 2.87. The lowest BCUT2D eigenvalue weighted by Crippen LogP contribution is -2.57. The number of nitrogens with zero attached hydrogens (tertiary/aromatic N) is 1. The van der Waals surface area contributed by atoms with Crippen molar-refractivity contribution in [3.8, 4) is 0 Å². The number of unbranched alkanes of at least 4 members (excludes halogenated alkanes) is 1. The molecule has 0 spiro atoms. The summed E-state index contributed by atoms with van der Waals surface area (Å²) in [4.78, 5) is 52.7. The normalized spacial score (nSPS) is 14.3. The van der Waals surface area contributed by atoms with Gasteiger partial charge in [-0.1, -0.05) is 0 Å². The molecule has 0 aromatic carbocycles. The summed E-state index contributed by atoms with van der Waals surface area (Å²) in [7, 11) is 0. The molecule has 4 atom stereocenters. The van der Waals surface area contributed by atoms with Gasteiger partial charge in [0, 0.05) is 12.3 Å². The Morgan fingerprint density at radius 3 is 1.85 bits per heavy atom. The van der Waals surface area contributed by atoms with Gasteiger partial charge in [0.05, 0.1) is 6.61 Å². The molecule has 14 nitrogen and oxygen atoms in total. The summed E-state index contributed by atoms with van der Waals surface area (Å²) in [6.07, 6.45) is 1.70. The molecule has 0 heterocycles. The van der Waals surface area contributed by atoms with E-state index in [1.165, 1.54) is 0 Å². The maximum atomic E-state index is 12.9. The summed E-state index contributed by atoms with van der Waals surface area (Å²) in [5, 5.41) is 25.5. The molecule has 190 valence electrons. The monoisotopic (exact) mass is 492 g/mol. The number of carbonyl (C=O) groups is 4. The van der Waals surface area contributed by atoms with Gasteiger partial charge in [-0.05, 0) is 38.6 Å². The number of aliphatic hydroxyl groups excluding tert-OH is 1. The molecule has 0 aliphatic rings. The van der Waals surface area contributed by atoms with Crippen LogP contribution in [0.15, 0.2) is 4.99 Å². The van der Waals surface area contributed by atoms with Crippen molar-refractivity contribution in [1.29, 1.82) is 0 Å². The van der Waals surface area contributed by atoms with E-state index in [9.17, 15) is 19.2 Å². The number of hydrogen-bond donors (Lipinski definition) is 10. The van der Waals surface area contributed by atoms with E-state index < -0.39 is 54.5 Å². The first kappa shape index (κ1) is 30.4. The van der Waals surface area contributed by atoms with Crippen LogP contribution in [0.5, 0.6) is 0 Å². The van der Waals surface area contributed by atoms with Gasteiger partial charge in [0.15, 0.2) is 5.96 Å². The number of nitrogens with two attached hydrogens (primary N) is 4. The number of aliphatic imine (C=N–C) groups is 1. The first-order valence-electron chi connectivity index (χ1n) is 10.4. The molecular formula is C18H36N8O6S. The summed E-state index contributed by atoms with van der Waals surface area (Å²) in [6, 6.07) is -4.66. The molecule has 0 bridgehead atoms. The molecule has 0 saturated heterocycles. The number of carbonyl (C=O) groups excluding carboxylic acids is 3. The smallest absolute Gasteiger partial charge is 0.327 e. The van der Waals surface area contributed by atoms with Crippen LogP contribution in [0.4, 0.5) is 0 Å². The number of rotatable bonds is 17. The molecular weight excluding hydrogens is 456 g/mol. The molecule has 0 aromatic rings. The lowest BCUT2D eigenvalue weighted by molar-refractivity contribution is -0.141. The summed E-state index contributed by atoms with van der Waals surface area (Å²) < 4.78 is 0. The zero-order valence-electron chi connectivity index (χ0n) is 18.4. The summed E-state index contributed by atoms with van der Waals surface area (Å²) in [5.41, 5.74) is 21.5. The van der Waals surface area contributed by atoms with Crippen molar-refractivity contribution < 1.29 is 29.4 Å². The molecule has 15 heteroatoms. The van der Waals surface area contributed by atoms with Crippen molar-refractivity contribution in [2.75, 3.05) is 25.4 Å². The highest BCUT2D eigenvalue weighted by molar-refractivity contribution is 7.80. The maximum absolute atomic E-state index is 12.9. The lowest BCUT2D eigenvalue weighted by Gasteiger charge is -2.25. The van der Waals surface area contributed by atoms with E-state index in [1.54, 1.807) is 0 Å². The molecule has 0 radical (unpaired) electrons. The van der Waals surface area contributed by atoms with Crippen molar-refractivity contribution in [2.24, 2.45) is 27.9 Å². The van der Waals surface area contributed by atoms with Crippen LogP contribution in [-0.2, 0) is 19.2 Å².